The van der Waals surface area contributed by atoms with E-state index in [2.05, 4.69) is 10.2 Å². The first-order chi connectivity index (χ1) is 14.8. The molecule has 2 aromatic rings. The molecular formula is C22H22ClF2N3O3. The molecule has 2 heterocycles. The molecule has 3 N–H and O–H groups in total. The van der Waals surface area contributed by atoms with Crippen LogP contribution in [0.2, 0.25) is 5.02 Å². The molecule has 164 valence electrons. The van der Waals surface area contributed by atoms with Crippen LogP contribution in [-0.2, 0) is 10.2 Å². The van der Waals surface area contributed by atoms with Gasteiger partial charge in [0.2, 0.25) is 11.8 Å². The van der Waals surface area contributed by atoms with Gasteiger partial charge in [-0.3, -0.25) is 14.5 Å². The Morgan fingerprint density at radius 1 is 1.23 bits per heavy atom. The van der Waals surface area contributed by atoms with Crippen molar-refractivity contribution in [1.82, 2.24) is 4.90 Å². The second-order valence-electron chi connectivity index (χ2n) is 7.83. The maximum atomic E-state index is 13.2. The summed E-state index contributed by atoms with van der Waals surface area (Å²) in [4.78, 5) is 26.2. The Morgan fingerprint density at radius 3 is 2.65 bits per heavy atom. The molecule has 6 nitrogen and oxygen atoms in total. The number of halogens is 3. The van der Waals surface area contributed by atoms with Crippen LogP contribution in [0.5, 0.6) is 5.75 Å². The number of anilines is 1. The van der Waals surface area contributed by atoms with Gasteiger partial charge in [-0.25, -0.2) is 8.78 Å². The van der Waals surface area contributed by atoms with Crippen molar-refractivity contribution in [3.8, 4) is 5.75 Å². The molecule has 2 aliphatic rings. The maximum Gasteiger partial charge on any atom is 0.264 e. The molecule has 4 rings (SSSR count). The zero-order valence-corrected chi connectivity index (χ0v) is 17.4. The van der Waals surface area contributed by atoms with Gasteiger partial charge in [-0.15, -0.1) is 0 Å². The largest absolute Gasteiger partial charge is 0.492 e. The maximum absolute atomic E-state index is 13.2. The second kappa shape index (κ2) is 8.43. The Morgan fingerprint density at radius 2 is 1.97 bits per heavy atom. The number of hydrogen-bond acceptors (Lipinski definition) is 4. The Kier molecular flexibility index (Phi) is 5.85. The number of piperidine rings is 1. The van der Waals surface area contributed by atoms with E-state index in [9.17, 15) is 18.4 Å². The van der Waals surface area contributed by atoms with Crippen LogP contribution in [0, 0.1) is 0 Å². The predicted molar refractivity (Wildman–Crippen MR) is 113 cm³/mol. The van der Waals surface area contributed by atoms with Gasteiger partial charge in [-0.2, -0.15) is 0 Å². The molecule has 2 amide bonds. The number of nitrogens with zero attached hydrogens (tertiary/aromatic N) is 1. The average molecular weight is 450 g/mol. The Labute approximate surface area is 183 Å². The van der Waals surface area contributed by atoms with Gasteiger partial charge >= 0.3 is 0 Å². The molecule has 9 heteroatoms. The fraction of sp³-hybridized carbons (Fsp3) is 0.364. The first-order valence-corrected chi connectivity index (χ1v) is 10.4. The van der Waals surface area contributed by atoms with Crippen molar-refractivity contribution in [2.24, 2.45) is 5.73 Å². The van der Waals surface area contributed by atoms with Gasteiger partial charge in [0.05, 0.1) is 5.41 Å². The molecule has 31 heavy (non-hydrogen) atoms. The predicted octanol–water partition coefficient (Wildman–Crippen LogP) is 3.74. The molecule has 0 atom stereocenters. The molecule has 1 fully saturated rings. The number of primary amides is 1. The molecular weight excluding hydrogens is 428 g/mol. The van der Waals surface area contributed by atoms with Gasteiger partial charge in [0.1, 0.15) is 12.4 Å². The monoisotopic (exact) mass is 449 g/mol. The lowest BCUT2D eigenvalue weighted by molar-refractivity contribution is -0.122. The summed E-state index contributed by atoms with van der Waals surface area (Å²) in [6.07, 6.45) is -1.50. The van der Waals surface area contributed by atoms with E-state index >= 15 is 0 Å². The average Bonchev–Trinajstić information content (AvgIpc) is 3.00. The number of alkyl halides is 2. The van der Waals surface area contributed by atoms with Crippen LogP contribution in [0.3, 0.4) is 0 Å². The van der Waals surface area contributed by atoms with Crippen LogP contribution in [0.25, 0.3) is 0 Å². The zero-order chi connectivity index (χ0) is 22.2. The molecule has 1 saturated heterocycles. The van der Waals surface area contributed by atoms with Crippen molar-refractivity contribution in [1.29, 1.82) is 0 Å². The van der Waals surface area contributed by atoms with E-state index in [4.69, 9.17) is 22.1 Å². The van der Waals surface area contributed by atoms with Gasteiger partial charge in [-0.05, 0) is 67.9 Å². The van der Waals surface area contributed by atoms with Gasteiger partial charge < -0.3 is 15.8 Å². The third-order valence-corrected chi connectivity index (χ3v) is 6.32. The van der Waals surface area contributed by atoms with E-state index in [1.54, 1.807) is 6.07 Å². The molecule has 0 aromatic heterocycles. The molecule has 1 spiro atoms. The van der Waals surface area contributed by atoms with Gasteiger partial charge in [0.25, 0.3) is 6.43 Å². The Bertz CT molecular complexity index is 1020. The summed E-state index contributed by atoms with van der Waals surface area (Å²) in [5.74, 6) is -0.634. The summed E-state index contributed by atoms with van der Waals surface area (Å²) >= 11 is 6.15. The number of carbonyl (C=O) groups excluding carboxylic acids is 2. The fourth-order valence-corrected chi connectivity index (χ4v) is 4.54. The van der Waals surface area contributed by atoms with Crippen molar-refractivity contribution in [3.05, 3.63) is 58.1 Å². The first kappa shape index (κ1) is 21.5. The summed E-state index contributed by atoms with van der Waals surface area (Å²) in [6.45, 7) is 2.28. The van der Waals surface area contributed by atoms with E-state index in [-0.39, 0.29) is 17.2 Å². The number of carbonyl (C=O) groups is 2. The summed E-state index contributed by atoms with van der Waals surface area (Å²) in [6, 6.07) is 9.33. The first-order valence-electron chi connectivity index (χ1n) is 9.99. The van der Waals surface area contributed by atoms with Gasteiger partial charge in [-0.1, -0.05) is 11.6 Å². The third-order valence-electron chi connectivity index (χ3n) is 6.09. The SMILES string of the molecule is NC(=O)c1ccc(OCCN2CCC3(CC2)C(=O)Nc2ccc(Cl)cc23)cc1C(F)F. The number of likely N-dealkylation sites (tertiary alicyclic amines) is 1. The van der Waals surface area contributed by atoms with Crippen molar-refractivity contribution >= 4 is 29.1 Å². The second-order valence-corrected chi connectivity index (χ2v) is 8.27. The summed E-state index contributed by atoms with van der Waals surface area (Å²) in [7, 11) is 0. The van der Waals surface area contributed by atoms with Crippen LogP contribution in [-0.4, -0.2) is 43.0 Å². The number of amides is 2. The highest BCUT2D eigenvalue weighted by Crippen LogP contribution is 2.45. The summed E-state index contributed by atoms with van der Waals surface area (Å²) < 4.78 is 32.0. The van der Waals surface area contributed by atoms with Crippen LogP contribution < -0.4 is 15.8 Å². The molecule has 0 radical (unpaired) electrons. The minimum atomic E-state index is -2.82. The molecule has 0 bridgehead atoms. The molecule has 0 aliphatic carbocycles. The normalized spacial score (nSPS) is 17.6. The number of nitrogens with two attached hydrogens (primary N) is 1. The summed E-state index contributed by atoms with van der Waals surface area (Å²) in [5.41, 5.74) is 5.71. The van der Waals surface area contributed by atoms with Crippen molar-refractivity contribution in [2.45, 2.75) is 24.7 Å². The fourth-order valence-electron chi connectivity index (χ4n) is 4.37. The van der Waals surface area contributed by atoms with Crippen LogP contribution >= 0.6 is 11.6 Å². The highest BCUT2D eigenvalue weighted by Gasteiger charge is 2.48. The van der Waals surface area contributed by atoms with Crippen LogP contribution in [0.1, 0.15) is 40.8 Å². The van der Waals surface area contributed by atoms with Crippen LogP contribution in [0.4, 0.5) is 14.5 Å². The molecule has 0 unspecified atom stereocenters. The standard InChI is InChI=1S/C22H22ClF2N3O3/c23-13-1-4-18-17(11-13)22(21(30)27-18)5-7-28(8-6-22)9-10-31-14-2-3-15(20(26)29)16(12-14)19(24)25/h1-4,11-12,19H,5-10H2,(H2,26,29)(H,27,30). The van der Waals surface area contributed by atoms with E-state index in [1.807, 2.05) is 12.1 Å². The smallest absolute Gasteiger partial charge is 0.264 e. The number of hydrogen-bond donors (Lipinski definition) is 2. The van der Waals surface area contributed by atoms with E-state index in [0.717, 1.165) is 17.3 Å². The minimum Gasteiger partial charge on any atom is -0.492 e. The number of ether oxygens (including phenoxy) is 1. The van der Waals surface area contributed by atoms with E-state index in [0.29, 0.717) is 44.1 Å². The van der Waals surface area contributed by atoms with Crippen LogP contribution in [0.15, 0.2) is 36.4 Å². The number of fused-ring (bicyclic) bond motifs is 2. The summed E-state index contributed by atoms with van der Waals surface area (Å²) in [5, 5.41) is 3.56. The number of nitrogens with one attached hydrogen (secondary N) is 1. The topological polar surface area (TPSA) is 84.7 Å². The van der Waals surface area contributed by atoms with E-state index < -0.39 is 23.3 Å². The Hall–Kier alpha value is -2.71. The Balaban J connectivity index is 1.35. The van der Waals surface area contributed by atoms with Crippen molar-refractivity contribution in [2.75, 3.05) is 31.6 Å². The zero-order valence-electron chi connectivity index (χ0n) is 16.7. The quantitative estimate of drug-likeness (QED) is 0.703. The van der Waals surface area contributed by atoms with Gasteiger partial charge in [0, 0.05) is 28.4 Å². The third kappa shape index (κ3) is 4.09. The minimum absolute atomic E-state index is 0.00901. The lowest BCUT2D eigenvalue weighted by atomic mass is 9.73. The molecule has 2 aliphatic heterocycles. The lowest BCUT2D eigenvalue weighted by Gasteiger charge is -2.38. The van der Waals surface area contributed by atoms with E-state index in [1.165, 1.54) is 12.1 Å². The van der Waals surface area contributed by atoms with Crippen molar-refractivity contribution in [3.63, 3.8) is 0 Å². The number of benzene rings is 2. The highest BCUT2D eigenvalue weighted by molar-refractivity contribution is 6.31. The van der Waals surface area contributed by atoms with Crippen molar-refractivity contribution < 1.29 is 23.1 Å². The molecule has 0 saturated carbocycles. The molecule has 2 aromatic carbocycles. The lowest BCUT2D eigenvalue weighted by Crippen LogP contribution is -2.47. The number of rotatable bonds is 6. The highest BCUT2D eigenvalue weighted by atomic mass is 35.5. The van der Waals surface area contributed by atoms with Gasteiger partial charge in [0.15, 0.2) is 0 Å².